The second-order valence-electron chi connectivity index (χ2n) is 7.18. The zero-order chi connectivity index (χ0) is 22.5. The quantitative estimate of drug-likeness (QED) is 0.641. The number of nitrogens with one attached hydrogen (secondary N) is 2. The summed E-state index contributed by atoms with van der Waals surface area (Å²) >= 11 is 0. The van der Waals surface area contributed by atoms with Gasteiger partial charge in [0.1, 0.15) is 17.2 Å². The molecule has 0 atom stereocenters. The van der Waals surface area contributed by atoms with Gasteiger partial charge < -0.3 is 14.8 Å². The summed E-state index contributed by atoms with van der Waals surface area (Å²) in [6, 6.07) is 7.30. The van der Waals surface area contributed by atoms with Crippen molar-refractivity contribution in [3.05, 3.63) is 53.8 Å². The van der Waals surface area contributed by atoms with E-state index in [9.17, 15) is 27.2 Å². The molecule has 30 heavy (non-hydrogen) atoms. The first-order chi connectivity index (χ1) is 13.8. The van der Waals surface area contributed by atoms with Crippen LogP contribution in [0.1, 0.15) is 26.3 Å². The van der Waals surface area contributed by atoms with Crippen LogP contribution in [-0.2, 0) is 15.7 Å². The van der Waals surface area contributed by atoms with Crippen LogP contribution in [0.4, 0.5) is 33.7 Å². The zero-order valence-corrected chi connectivity index (χ0v) is 16.4. The Morgan fingerprint density at radius 2 is 1.67 bits per heavy atom. The molecule has 0 saturated carbocycles. The van der Waals surface area contributed by atoms with Crippen LogP contribution in [0.3, 0.4) is 0 Å². The van der Waals surface area contributed by atoms with Crippen molar-refractivity contribution in [3.8, 4) is 5.75 Å². The van der Waals surface area contributed by atoms with Crippen LogP contribution < -0.4 is 15.4 Å². The van der Waals surface area contributed by atoms with Crippen LogP contribution in [0, 0.1) is 5.82 Å². The number of benzene rings is 2. The molecule has 0 bridgehead atoms. The summed E-state index contributed by atoms with van der Waals surface area (Å²) in [4.78, 5) is 24.0. The molecule has 2 aromatic rings. The number of hydrogen-bond acceptors (Lipinski definition) is 4. The fourth-order valence-corrected chi connectivity index (χ4v) is 2.24. The van der Waals surface area contributed by atoms with E-state index in [0.29, 0.717) is 0 Å². The van der Waals surface area contributed by atoms with Crippen molar-refractivity contribution in [3.63, 3.8) is 0 Å². The van der Waals surface area contributed by atoms with E-state index in [1.165, 1.54) is 12.1 Å². The van der Waals surface area contributed by atoms with Gasteiger partial charge in [0, 0.05) is 0 Å². The summed E-state index contributed by atoms with van der Waals surface area (Å²) < 4.78 is 61.9. The molecule has 0 aliphatic carbocycles. The number of ether oxygens (including phenoxy) is 2. The average molecular weight is 428 g/mol. The van der Waals surface area contributed by atoms with Gasteiger partial charge in [0.25, 0.3) is 5.91 Å². The third-order valence-corrected chi connectivity index (χ3v) is 3.42. The lowest BCUT2D eigenvalue weighted by Crippen LogP contribution is -2.28. The summed E-state index contributed by atoms with van der Waals surface area (Å²) in [5.41, 5.74) is -1.70. The highest BCUT2D eigenvalue weighted by atomic mass is 19.4. The molecule has 0 fully saturated rings. The topological polar surface area (TPSA) is 76.7 Å². The number of alkyl halides is 3. The summed E-state index contributed by atoms with van der Waals surface area (Å²) in [6.07, 6.45) is -5.37. The van der Waals surface area contributed by atoms with Crippen molar-refractivity contribution < 1.29 is 36.6 Å². The summed E-state index contributed by atoms with van der Waals surface area (Å²) in [5, 5.41) is 4.73. The second kappa shape index (κ2) is 9.02. The predicted octanol–water partition coefficient (Wildman–Crippen LogP) is 5.21. The molecule has 0 aliphatic heterocycles. The largest absolute Gasteiger partial charge is 0.484 e. The van der Waals surface area contributed by atoms with Gasteiger partial charge in [-0.1, -0.05) is 6.07 Å². The Morgan fingerprint density at radius 3 is 2.30 bits per heavy atom. The van der Waals surface area contributed by atoms with E-state index in [-0.39, 0.29) is 17.1 Å². The number of carbonyl (C=O) groups excluding carboxylic acids is 2. The van der Waals surface area contributed by atoms with Gasteiger partial charge in [-0.2, -0.15) is 13.2 Å². The molecule has 162 valence electrons. The number of carbonyl (C=O) groups is 2. The van der Waals surface area contributed by atoms with Gasteiger partial charge in [0.05, 0.1) is 16.9 Å². The normalized spacial score (nSPS) is 11.6. The van der Waals surface area contributed by atoms with Crippen molar-refractivity contribution in [2.45, 2.75) is 32.5 Å². The van der Waals surface area contributed by atoms with E-state index in [1.807, 2.05) is 0 Å². The zero-order valence-electron chi connectivity index (χ0n) is 16.4. The van der Waals surface area contributed by atoms with Crippen molar-refractivity contribution in [2.75, 3.05) is 17.2 Å². The van der Waals surface area contributed by atoms with E-state index in [1.54, 1.807) is 20.8 Å². The lowest BCUT2D eigenvalue weighted by molar-refractivity contribution is -0.137. The third kappa shape index (κ3) is 7.26. The highest BCUT2D eigenvalue weighted by Crippen LogP contribution is 2.31. The molecule has 0 aromatic heterocycles. The van der Waals surface area contributed by atoms with Crippen molar-refractivity contribution in [2.24, 2.45) is 0 Å². The van der Waals surface area contributed by atoms with Crippen LogP contribution >= 0.6 is 0 Å². The first-order valence-corrected chi connectivity index (χ1v) is 8.73. The predicted molar refractivity (Wildman–Crippen MR) is 102 cm³/mol. The molecule has 0 aliphatic rings. The lowest BCUT2D eigenvalue weighted by Gasteiger charge is -2.20. The number of halogens is 4. The van der Waals surface area contributed by atoms with Crippen LogP contribution in [-0.4, -0.2) is 24.2 Å². The summed E-state index contributed by atoms with van der Waals surface area (Å²) in [7, 11) is 0. The Labute approximate surface area is 170 Å². The maximum absolute atomic E-state index is 13.6. The Balaban J connectivity index is 2.04. The molecular formula is C20H20F4N2O4. The van der Waals surface area contributed by atoms with Gasteiger partial charge in [-0.3, -0.25) is 10.1 Å². The first-order valence-electron chi connectivity index (χ1n) is 8.73. The number of amides is 2. The Bertz CT molecular complexity index is 924. The Kier molecular flexibility index (Phi) is 6.91. The van der Waals surface area contributed by atoms with E-state index >= 15 is 0 Å². The minimum Gasteiger partial charge on any atom is -0.484 e. The van der Waals surface area contributed by atoms with Crippen LogP contribution in [0.2, 0.25) is 0 Å². The SMILES string of the molecule is CC(C)(C)OC(=O)Nc1ccc(F)cc1NC(=O)COc1cccc(C(F)(F)F)c1. The number of hydrogen-bond donors (Lipinski definition) is 2. The molecule has 0 spiro atoms. The van der Waals surface area contributed by atoms with Crippen molar-refractivity contribution >= 4 is 23.4 Å². The maximum atomic E-state index is 13.6. The number of rotatable bonds is 5. The maximum Gasteiger partial charge on any atom is 0.416 e. The molecule has 0 radical (unpaired) electrons. The molecule has 2 N–H and O–H groups in total. The fourth-order valence-electron chi connectivity index (χ4n) is 2.24. The van der Waals surface area contributed by atoms with Gasteiger partial charge in [0.2, 0.25) is 0 Å². The van der Waals surface area contributed by atoms with E-state index in [4.69, 9.17) is 9.47 Å². The Hall–Kier alpha value is -3.30. The molecule has 2 aromatic carbocycles. The van der Waals surface area contributed by atoms with Gasteiger partial charge in [-0.25, -0.2) is 9.18 Å². The number of anilines is 2. The van der Waals surface area contributed by atoms with Crippen molar-refractivity contribution in [1.29, 1.82) is 0 Å². The van der Waals surface area contributed by atoms with Gasteiger partial charge in [0.15, 0.2) is 6.61 Å². The van der Waals surface area contributed by atoms with Crippen molar-refractivity contribution in [1.82, 2.24) is 0 Å². The third-order valence-electron chi connectivity index (χ3n) is 3.42. The van der Waals surface area contributed by atoms with Crippen LogP contribution in [0.5, 0.6) is 5.75 Å². The first kappa shape index (κ1) is 23.0. The lowest BCUT2D eigenvalue weighted by atomic mass is 10.2. The molecule has 6 nitrogen and oxygen atoms in total. The van der Waals surface area contributed by atoms with E-state index in [2.05, 4.69) is 10.6 Å². The molecule has 2 amide bonds. The molecular weight excluding hydrogens is 408 g/mol. The molecule has 10 heteroatoms. The molecule has 0 heterocycles. The van der Waals surface area contributed by atoms with Crippen LogP contribution in [0.15, 0.2) is 42.5 Å². The highest BCUT2D eigenvalue weighted by Gasteiger charge is 2.30. The minimum atomic E-state index is -4.55. The van der Waals surface area contributed by atoms with E-state index in [0.717, 1.165) is 30.3 Å². The molecule has 0 saturated heterocycles. The molecule has 0 unspecified atom stereocenters. The minimum absolute atomic E-state index is 0.0677. The van der Waals surface area contributed by atoms with Gasteiger partial charge >= 0.3 is 12.3 Å². The molecule has 2 rings (SSSR count). The highest BCUT2D eigenvalue weighted by molar-refractivity contribution is 5.98. The smallest absolute Gasteiger partial charge is 0.416 e. The summed E-state index contributed by atoms with van der Waals surface area (Å²) in [6.45, 7) is 4.34. The van der Waals surface area contributed by atoms with Gasteiger partial charge in [-0.05, 0) is 57.2 Å². The second-order valence-corrected chi connectivity index (χ2v) is 7.18. The van der Waals surface area contributed by atoms with Gasteiger partial charge in [-0.15, -0.1) is 0 Å². The summed E-state index contributed by atoms with van der Waals surface area (Å²) in [5.74, 6) is -1.62. The van der Waals surface area contributed by atoms with Crippen LogP contribution in [0.25, 0.3) is 0 Å². The Morgan fingerprint density at radius 1 is 0.967 bits per heavy atom. The fraction of sp³-hybridized carbons (Fsp3) is 0.300. The standard InChI is InChI=1S/C20H20F4N2O4/c1-19(2,3)30-18(28)26-15-8-7-13(21)10-16(15)25-17(27)11-29-14-6-4-5-12(9-14)20(22,23)24/h4-10H,11H2,1-3H3,(H,25,27)(H,26,28). The monoisotopic (exact) mass is 428 g/mol. The van der Waals surface area contributed by atoms with E-state index < -0.39 is 41.8 Å². The average Bonchev–Trinajstić information content (AvgIpc) is 2.60.